The molecule has 0 bridgehead atoms. The molecule has 3 N–H and O–H groups in total. The smallest absolute Gasteiger partial charge is 0.408 e. The minimum Gasteiger partial charge on any atom is -0.444 e. The number of aryl methyl sites for hydroxylation is 1. The van der Waals surface area contributed by atoms with E-state index in [0.717, 1.165) is 30.6 Å². The summed E-state index contributed by atoms with van der Waals surface area (Å²) in [5.74, 6) is 0.699. The van der Waals surface area contributed by atoms with Gasteiger partial charge in [0.2, 0.25) is 0 Å². The number of nitrogens with one attached hydrogen (secondary N) is 3. The molecule has 0 aromatic carbocycles. The van der Waals surface area contributed by atoms with Crippen LogP contribution in [-0.2, 0) is 11.3 Å². The molecule has 1 heterocycles. The number of amides is 1. The largest absolute Gasteiger partial charge is 0.444 e. The van der Waals surface area contributed by atoms with E-state index in [9.17, 15) is 4.79 Å². The van der Waals surface area contributed by atoms with E-state index in [-0.39, 0.29) is 24.0 Å². The van der Waals surface area contributed by atoms with Crippen LogP contribution in [0.25, 0.3) is 0 Å². The van der Waals surface area contributed by atoms with Crippen LogP contribution in [0.4, 0.5) is 4.79 Å². The van der Waals surface area contributed by atoms with Crippen LogP contribution in [-0.4, -0.2) is 41.3 Å². The molecule has 0 saturated carbocycles. The number of hydrogen-bond acceptors (Lipinski definition) is 4. The Morgan fingerprint density at radius 1 is 1.17 bits per heavy atom. The lowest BCUT2D eigenvalue weighted by Crippen LogP contribution is -2.57. The van der Waals surface area contributed by atoms with Gasteiger partial charge in [-0.15, -0.1) is 24.0 Å². The molecule has 0 spiro atoms. The quantitative estimate of drug-likeness (QED) is 0.273. The molecule has 8 heteroatoms. The highest BCUT2D eigenvalue weighted by atomic mass is 127. The van der Waals surface area contributed by atoms with E-state index in [2.05, 4.69) is 39.8 Å². The number of aromatic nitrogens is 1. The first-order chi connectivity index (χ1) is 13.1. The third-order valence-corrected chi connectivity index (χ3v) is 4.56. The zero-order valence-electron chi connectivity index (χ0n) is 18.9. The van der Waals surface area contributed by atoms with Gasteiger partial charge in [0.15, 0.2) is 5.96 Å². The minimum absolute atomic E-state index is 0. The summed E-state index contributed by atoms with van der Waals surface area (Å²) in [6, 6.07) is 3.95. The van der Waals surface area contributed by atoms with E-state index in [1.54, 1.807) is 6.20 Å². The maximum atomic E-state index is 12.3. The van der Waals surface area contributed by atoms with Gasteiger partial charge < -0.3 is 20.7 Å². The lowest BCUT2D eigenvalue weighted by Gasteiger charge is -2.34. The monoisotopic (exact) mass is 519 g/mol. The second-order valence-corrected chi connectivity index (χ2v) is 7.93. The molecular weight excluding hydrogens is 481 g/mol. The first-order valence-electron chi connectivity index (χ1n) is 10.1. The van der Waals surface area contributed by atoms with Crippen molar-refractivity contribution in [2.24, 2.45) is 4.99 Å². The molecule has 0 aliphatic carbocycles. The van der Waals surface area contributed by atoms with E-state index in [0.29, 0.717) is 19.0 Å². The zero-order valence-corrected chi connectivity index (χ0v) is 21.2. The van der Waals surface area contributed by atoms with Gasteiger partial charge in [-0.3, -0.25) is 4.98 Å². The summed E-state index contributed by atoms with van der Waals surface area (Å²) >= 11 is 0. The number of hydrogen-bond donors (Lipinski definition) is 3. The van der Waals surface area contributed by atoms with Crippen molar-refractivity contribution in [3.63, 3.8) is 0 Å². The van der Waals surface area contributed by atoms with Crippen LogP contribution in [0.15, 0.2) is 23.3 Å². The van der Waals surface area contributed by atoms with Crippen molar-refractivity contribution in [3.05, 3.63) is 29.6 Å². The number of alkyl carbamates (subject to hydrolysis) is 1. The van der Waals surface area contributed by atoms with E-state index in [1.807, 2.05) is 46.8 Å². The van der Waals surface area contributed by atoms with Crippen molar-refractivity contribution >= 4 is 36.0 Å². The molecule has 0 unspecified atom stereocenters. The Kier molecular flexibility index (Phi) is 12.2. The molecule has 29 heavy (non-hydrogen) atoms. The maximum Gasteiger partial charge on any atom is 0.408 e. The summed E-state index contributed by atoms with van der Waals surface area (Å²) in [6.45, 7) is 15.5. The molecule has 0 aliphatic rings. The molecule has 166 valence electrons. The Morgan fingerprint density at radius 3 is 2.34 bits per heavy atom. The van der Waals surface area contributed by atoms with Crippen LogP contribution in [0.5, 0.6) is 0 Å². The Hall–Kier alpha value is -1.58. The van der Waals surface area contributed by atoms with Gasteiger partial charge in [-0.05, 0) is 59.1 Å². The van der Waals surface area contributed by atoms with Gasteiger partial charge in [0.1, 0.15) is 5.60 Å². The molecule has 0 saturated heterocycles. The molecule has 0 fully saturated rings. The number of halogens is 1. The highest BCUT2D eigenvalue weighted by molar-refractivity contribution is 14.0. The van der Waals surface area contributed by atoms with Crippen molar-refractivity contribution < 1.29 is 9.53 Å². The molecule has 1 aromatic rings. The lowest BCUT2D eigenvalue weighted by molar-refractivity contribution is 0.0448. The van der Waals surface area contributed by atoms with E-state index in [4.69, 9.17) is 4.74 Å². The maximum absolute atomic E-state index is 12.3. The highest BCUT2D eigenvalue weighted by Crippen LogP contribution is 2.16. The molecular formula is C21H38IN5O2. The Bertz CT molecular complexity index is 655. The molecule has 0 aliphatic heterocycles. The van der Waals surface area contributed by atoms with Gasteiger partial charge in [-0.2, -0.15) is 0 Å². The van der Waals surface area contributed by atoms with Gasteiger partial charge in [-0.25, -0.2) is 9.79 Å². The molecule has 0 atom stereocenters. The van der Waals surface area contributed by atoms with E-state index >= 15 is 0 Å². The fourth-order valence-corrected chi connectivity index (χ4v) is 2.67. The number of carbonyl (C=O) groups is 1. The summed E-state index contributed by atoms with van der Waals surface area (Å²) < 4.78 is 5.44. The summed E-state index contributed by atoms with van der Waals surface area (Å²) in [4.78, 5) is 21.3. The molecule has 0 radical (unpaired) electrons. The average Bonchev–Trinajstić information content (AvgIpc) is 2.62. The number of carbonyl (C=O) groups excluding carboxylic acids is 1. The van der Waals surface area contributed by atoms with Crippen LogP contribution in [0.2, 0.25) is 0 Å². The van der Waals surface area contributed by atoms with Crippen LogP contribution < -0.4 is 16.0 Å². The Morgan fingerprint density at radius 2 is 1.83 bits per heavy atom. The minimum atomic E-state index is -0.526. The van der Waals surface area contributed by atoms with Crippen LogP contribution in [0.3, 0.4) is 0 Å². The normalized spacial score (nSPS) is 12.0. The number of rotatable bonds is 8. The summed E-state index contributed by atoms with van der Waals surface area (Å²) in [5, 5.41) is 9.66. The molecule has 1 rings (SSSR count). The number of nitrogens with zero attached hydrogens (tertiary/aromatic N) is 2. The second kappa shape index (κ2) is 12.9. The van der Waals surface area contributed by atoms with Crippen molar-refractivity contribution in [3.8, 4) is 0 Å². The summed E-state index contributed by atoms with van der Waals surface area (Å²) in [6.07, 6.45) is 2.93. The number of aliphatic imine (C=N–C) groups is 1. The first-order valence-corrected chi connectivity index (χ1v) is 10.1. The predicted molar refractivity (Wildman–Crippen MR) is 130 cm³/mol. The van der Waals surface area contributed by atoms with Gasteiger partial charge in [0.25, 0.3) is 0 Å². The topological polar surface area (TPSA) is 87.6 Å². The summed E-state index contributed by atoms with van der Waals surface area (Å²) in [7, 11) is 0. The fraction of sp³-hybridized carbons (Fsp3) is 0.667. The number of pyridine rings is 1. The SMILES string of the molecule is CCNC(=NCc1ncccc1C)NCC(CC)(CC)NC(=O)OC(C)(C)C.I. The van der Waals surface area contributed by atoms with Crippen LogP contribution in [0, 0.1) is 6.92 Å². The third kappa shape index (κ3) is 10.1. The van der Waals surface area contributed by atoms with Crippen molar-refractivity contribution in [1.29, 1.82) is 0 Å². The van der Waals surface area contributed by atoms with Crippen molar-refractivity contribution in [2.45, 2.75) is 79.0 Å². The third-order valence-electron chi connectivity index (χ3n) is 4.56. The standard InChI is InChI=1S/C21H37N5O2.HI/c1-8-21(9-2,26-19(27)28-20(5,6)7)15-25-18(22-10-3)24-14-17-16(4)12-11-13-23-17;/h11-13H,8-10,14-15H2,1-7H3,(H,26,27)(H2,22,24,25);1H. The number of ether oxygens (including phenoxy) is 1. The lowest BCUT2D eigenvalue weighted by atomic mass is 9.93. The fourth-order valence-electron chi connectivity index (χ4n) is 2.67. The zero-order chi connectivity index (χ0) is 21.2. The second-order valence-electron chi connectivity index (χ2n) is 7.93. The van der Waals surface area contributed by atoms with Crippen molar-refractivity contribution in [2.75, 3.05) is 13.1 Å². The first kappa shape index (κ1) is 27.4. The Labute approximate surface area is 192 Å². The summed E-state index contributed by atoms with van der Waals surface area (Å²) in [5.41, 5.74) is 1.12. The van der Waals surface area contributed by atoms with E-state index < -0.39 is 17.2 Å². The average molecular weight is 519 g/mol. The van der Waals surface area contributed by atoms with Crippen LogP contribution in [0.1, 0.15) is 65.6 Å². The van der Waals surface area contributed by atoms with Crippen molar-refractivity contribution in [1.82, 2.24) is 20.9 Å². The Balaban J connectivity index is 0.00000784. The molecule has 1 amide bonds. The van der Waals surface area contributed by atoms with Gasteiger partial charge in [-0.1, -0.05) is 19.9 Å². The predicted octanol–water partition coefficient (Wildman–Crippen LogP) is 4.15. The molecule has 7 nitrogen and oxygen atoms in total. The highest BCUT2D eigenvalue weighted by Gasteiger charge is 2.30. The number of guanidine groups is 1. The van der Waals surface area contributed by atoms with Gasteiger partial charge >= 0.3 is 6.09 Å². The van der Waals surface area contributed by atoms with Crippen LogP contribution >= 0.6 is 24.0 Å². The van der Waals surface area contributed by atoms with Gasteiger partial charge in [0, 0.05) is 19.3 Å². The molecule has 1 aromatic heterocycles. The van der Waals surface area contributed by atoms with Gasteiger partial charge in [0.05, 0.1) is 17.8 Å². The van der Waals surface area contributed by atoms with E-state index in [1.165, 1.54) is 0 Å².